The molecule has 2 rings (SSSR count). The first kappa shape index (κ1) is 9.51. The largest absolute Gasteiger partial charge is 0.0882 e. The summed E-state index contributed by atoms with van der Waals surface area (Å²) in [4.78, 5) is 0. The van der Waals surface area contributed by atoms with Gasteiger partial charge in [-0.1, -0.05) is 36.0 Å². The van der Waals surface area contributed by atoms with Crippen molar-refractivity contribution in [3.8, 4) is 0 Å². The molecule has 0 heteroatoms. The Balaban J connectivity index is 2.17. The summed E-state index contributed by atoms with van der Waals surface area (Å²) < 4.78 is 0. The normalized spacial score (nSPS) is 29.6. The Morgan fingerprint density at radius 3 is 2.50 bits per heavy atom. The van der Waals surface area contributed by atoms with Gasteiger partial charge in [0.15, 0.2) is 0 Å². The maximum absolute atomic E-state index is 2.33. The molecule has 0 heterocycles. The smallest absolute Gasteiger partial charge is 0.00916 e. The zero-order valence-electron chi connectivity index (χ0n) is 8.92. The second kappa shape index (κ2) is 4.45. The molecule has 0 atom stereocenters. The Morgan fingerprint density at radius 2 is 1.79 bits per heavy atom. The summed E-state index contributed by atoms with van der Waals surface area (Å²) in [6, 6.07) is 0. The highest BCUT2D eigenvalue weighted by atomic mass is 14.2. The predicted molar refractivity (Wildman–Crippen MR) is 62.1 cm³/mol. The van der Waals surface area contributed by atoms with Gasteiger partial charge < -0.3 is 0 Å². The zero-order valence-corrected chi connectivity index (χ0v) is 8.92. The summed E-state index contributed by atoms with van der Waals surface area (Å²) in [6.07, 6.45) is 17.4. The Bertz CT molecular complexity index is 324. The van der Waals surface area contributed by atoms with Gasteiger partial charge in [0.1, 0.15) is 0 Å². The van der Waals surface area contributed by atoms with Crippen LogP contribution in [0.15, 0.2) is 47.1 Å². The van der Waals surface area contributed by atoms with Crippen LogP contribution in [-0.4, -0.2) is 0 Å². The second-order valence-corrected chi connectivity index (χ2v) is 4.13. The molecule has 2 aliphatic rings. The van der Waals surface area contributed by atoms with Gasteiger partial charge in [-0.3, -0.25) is 0 Å². The molecule has 0 bridgehead atoms. The Kier molecular flexibility index (Phi) is 3.03. The van der Waals surface area contributed by atoms with Crippen molar-refractivity contribution in [1.29, 1.82) is 0 Å². The van der Waals surface area contributed by atoms with E-state index in [0.717, 1.165) is 6.42 Å². The molecule has 0 amide bonds. The lowest BCUT2D eigenvalue weighted by molar-refractivity contribution is 0.865. The molecular weight excluding hydrogens is 168 g/mol. The molecule has 0 fully saturated rings. The quantitative estimate of drug-likeness (QED) is 0.535. The van der Waals surface area contributed by atoms with Gasteiger partial charge in [-0.05, 0) is 50.2 Å². The van der Waals surface area contributed by atoms with Gasteiger partial charge in [0.2, 0.25) is 0 Å². The fraction of sp³-hybridized carbons (Fsp3) is 0.429. The van der Waals surface area contributed by atoms with Gasteiger partial charge >= 0.3 is 0 Å². The maximum atomic E-state index is 2.33. The SMILES string of the molecule is C/C1=C(\C2=CC=CC2)CC/C=C\CC1. The molecule has 14 heavy (non-hydrogen) atoms. The van der Waals surface area contributed by atoms with Crippen molar-refractivity contribution in [2.24, 2.45) is 0 Å². The lowest BCUT2D eigenvalue weighted by Crippen LogP contribution is -1.95. The molecule has 0 aromatic rings. The van der Waals surface area contributed by atoms with Crippen molar-refractivity contribution in [2.75, 3.05) is 0 Å². The van der Waals surface area contributed by atoms with Crippen molar-refractivity contribution in [3.05, 3.63) is 47.1 Å². The highest BCUT2D eigenvalue weighted by Crippen LogP contribution is 2.29. The molecule has 0 saturated heterocycles. The molecule has 0 N–H and O–H groups in total. The van der Waals surface area contributed by atoms with Gasteiger partial charge in [0.05, 0.1) is 0 Å². The molecule has 0 saturated carbocycles. The van der Waals surface area contributed by atoms with Crippen molar-refractivity contribution < 1.29 is 0 Å². The van der Waals surface area contributed by atoms with Gasteiger partial charge in [0, 0.05) is 0 Å². The third-order valence-electron chi connectivity index (χ3n) is 3.09. The van der Waals surface area contributed by atoms with Crippen molar-refractivity contribution in [2.45, 2.75) is 39.0 Å². The summed E-state index contributed by atoms with van der Waals surface area (Å²) in [6.45, 7) is 2.30. The van der Waals surface area contributed by atoms with Crippen molar-refractivity contribution in [3.63, 3.8) is 0 Å². The maximum Gasteiger partial charge on any atom is -0.00916 e. The van der Waals surface area contributed by atoms with E-state index in [0.29, 0.717) is 0 Å². The lowest BCUT2D eigenvalue weighted by atomic mass is 9.91. The van der Waals surface area contributed by atoms with E-state index >= 15 is 0 Å². The fourth-order valence-electron chi connectivity index (χ4n) is 2.23. The Labute approximate surface area is 86.7 Å². The molecule has 0 radical (unpaired) electrons. The predicted octanol–water partition coefficient (Wildman–Crippen LogP) is 4.32. The van der Waals surface area contributed by atoms with E-state index in [1.807, 2.05) is 0 Å². The van der Waals surface area contributed by atoms with Gasteiger partial charge in [-0.25, -0.2) is 0 Å². The summed E-state index contributed by atoms with van der Waals surface area (Å²) >= 11 is 0. The van der Waals surface area contributed by atoms with Crippen LogP contribution in [0.2, 0.25) is 0 Å². The van der Waals surface area contributed by atoms with Crippen LogP contribution in [0.5, 0.6) is 0 Å². The van der Waals surface area contributed by atoms with Crippen LogP contribution in [0.3, 0.4) is 0 Å². The Morgan fingerprint density at radius 1 is 1.00 bits per heavy atom. The van der Waals surface area contributed by atoms with Crippen molar-refractivity contribution in [1.82, 2.24) is 0 Å². The van der Waals surface area contributed by atoms with E-state index in [2.05, 4.69) is 37.3 Å². The third kappa shape index (κ3) is 2.06. The van der Waals surface area contributed by atoms with E-state index in [1.165, 1.54) is 25.7 Å². The van der Waals surface area contributed by atoms with E-state index in [-0.39, 0.29) is 0 Å². The molecule has 74 valence electrons. The molecule has 2 aliphatic carbocycles. The minimum absolute atomic E-state index is 1.15. The lowest BCUT2D eigenvalue weighted by Gasteiger charge is -2.14. The van der Waals surface area contributed by atoms with E-state index in [9.17, 15) is 0 Å². The minimum atomic E-state index is 1.15. The third-order valence-corrected chi connectivity index (χ3v) is 3.09. The van der Waals surface area contributed by atoms with E-state index < -0.39 is 0 Å². The van der Waals surface area contributed by atoms with Crippen LogP contribution < -0.4 is 0 Å². The van der Waals surface area contributed by atoms with Crippen LogP contribution in [0.25, 0.3) is 0 Å². The first-order chi connectivity index (χ1) is 6.88. The molecular formula is C14H18. The average Bonchev–Trinajstić information content (AvgIpc) is 2.65. The van der Waals surface area contributed by atoms with E-state index in [1.54, 1.807) is 16.7 Å². The van der Waals surface area contributed by atoms with Crippen LogP contribution >= 0.6 is 0 Å². The molecule has 0 aromatic carbocycles. The Hall–Kier alpha value is -1.04. The molecule has 0 spiro atoms. The monoisotopic (exact) mass is 186 g/mol. The van der Waals surface area contributed by atoms with Crippen LogP contribution in [-0.2, 0) is 0 Å². The summed E-state index contributed by atoms with van der Waals surface area (Å²) in [5.41, 5.74) is 4.78. The number of allylic oxidation sites excluding steroid dienone is 8. The standard InChI is InChI=1S/C14H18/c1-12-8-4-2-3-5-11-14(12)13-9-6-7-10-13/h2-3,6-7,9H,4-5,8,10-11H2,1H3/b3-2-,14-12+. The van der Waals surface area contributed by atoms with Gasteiger partial charge in [-0.15, -0.1) is 0 Å². The van der Waals surface area contributed by atoms with Crippen LogP contribution in [0.4, 0.5) is 0 Å². The number of rotatable bonds is 1. The molecule has 0 aromatic heterocycles. The first-order valence-corrected chi connectivity index (χ1v) is 5.57. The summed E-state index contributed by atoms with van der Waals surface area (Å²) in [5.74, 6) is 0. The van der Waals surface area contributed by atoms with Gasteiger partial charge in [-0.2, -0.15) is 0 Å². The summed E-state index contributed by atoms with van der Waals surface area (Å²) in [7, 11) is 0. The summed E-state index contributed by atoms with van der Waals surface area (Å²) in [5, 5.41) is 0. The fourth-order valence-corrected chi connectivity index (χ4v) is 2.23. The number of hydrogen-bond donors (Lipinski definition) is 0. The zero-order chi connectivity index (χ0) is 9.80. The highest BCUT2D eigenvalue weighted by Gasteiger charge is 2.10. The number of hydrogen-bond acceptors (Lipinski definition) is 0. The second-order valence-electron chi connectivity index (χ2n) is 4.13. The van der Waals surface area contributed by atoms with Crippen LogP contribution in [0, 0.1) is 0 Å². The highest BCUT2D eigenvalue weighted by molar-refractivity contribution is 5.42. The average molecular weight is 186 g/mol. The topological polar surface area (TPSA) is 0 Å². The first-order valence-electron chi connectivity index (χ1n) is 5.57. The molecule has 0 aliphatic heterocycles. The molecule has 0 unspecified atom stereocenters. The molecule has 0 nitrogen and oxygen atoms in total. The minimum Gasteiger partial charge on any atom is -0.0882 e. The van der Waals surface area contributed by atoms with Crippen molar-refractivity contribution >= 4 is 0 Å². The van der Waals surface area contributed by atoms with Gasteiger partial charge in [0.25, 0.3) is 0 Å². The van der Waals surface area contributed by atoms with E-state index in [4.69, 9.17) is 0 Å². The van der Waals surface area contributed by atoms with Crippen LogP contribution in [0.1, 0.15) is 39.0 Å².